The van der Waals surface area contributed by atoms with Gasteiger partial charge in [-0.25, -0.2) is 0 Å². The number of nitrogens with zero attached hydrogens (tertiary/aromatic N) is 2. The Labute approximate surface area is 155 Å². The number of aryl methyl sites for hydroxylation is 2. The van der Waals surface area contributed by atoms with Crippen LogP contribution in [0.25, 0.3) is 21.8 Å². The Morgan fingerprint density at radius 3 is 2.19 bits per heavy atom. The largest absolute Gasteiger partial charge is 0.376 e. The lowest BCUT2D eigenvalue weighted by Gasteiger charge is -2.45. The summed E-state index contributed by atoms with van der Waals surface area (Å²) in [6.45, 7) is 10.4. The van der Waals surface area contributed by atoms with Gasteiger partial charge < -0.3 is 9.13 Å². The van der Waals surface area contributed by atoms with Gasteiger partial charge >= 0.3 is 0 Å². The van der Waals surface area contributed by atoms with E-state index >= 15 is 0 Å². The molecule has 0 bridgehead atoms. The van der Waals surface area contributed by atoms with Crippen LogP contribution in [0.4, 0.5) is 5.69 Å². The third kappa shape index (κ3) is 1.92. The normalized spacial score (nSPS) is 15.8. The van der Waals surface area contributed by atoms with Gasteiger partial charge in [-0.15, -0.1) is 0 Å². The SMILES string of the molecule is Cc1cccc(C)c1N1Cn2c3ccccc3c3cccc(c32)[Si]1(C)C. The molecule has 1 aliphatic heterocycles. The van der Waals surface area contributed by atoms with Crippen LogP contribution in [0, 0.1) is 13.8 Å². The van der Waals surface area contributed by atoms with E-state index in [0.717, 1.165) is 6.67 Å². The Balaban J connectivity index is 1.87. The topological polar surface area (TPSA) is 8.17 Å². The van der Waals surface area contributed by atoms with Gasteiger partial charge in [0.25, 0.3) is 0 Å². The molecule has 0 spiro atoms. The van der Waals surface area contributed by atoms with Crippen molar-refractivity contribution in [3.63, 3.8) is 0 Å². The van der Waals surface area contributed by atoms with Crippen LogP contribution >= 0.6 is 0 Å². The molecule has 0 amide bonds. The zero-order valence-electron chi connectivity index (χ0n) is 15.9. The summed E-state index contributed by atoms with van der Waals surface area (Å²) in [5.41, 5.74) is 6.96. The number of para-hydroxylation sites is 3. The molecule has 5 rings (SSSR count). The van der Waals surface area contributed by atoms with E-state index in [1.54, 1.807) is 5.19 Å². The number of rotatable bonds is 1. The quantitative estimate of drug-likeness (QED) is 0.420. The second-order valence-corrected chi connectivity index (χ2v) is 12.2. The van der Waals surface area contributed by atoms with Crippen molar-refractivity contribution in [1.29, 1.82) is 0 Å². The molecule has 0 aliphatic carbocycles. The minimum atomic E-state index is -1.82. The molecule has 0 saturated heterocycles. The van der Waals surface area contributed by atoms with E-state index in [1.807, 2.05) is 0 Å². The molecule has 1 aromatic heterocycles. The van der Waals surface area contributed by atoms with Gasteiger partial charge in [-0.2, -0.15) is 0 Å². The van der Waals surface area contributed by atoms with E-state index in [1.165, 1.54) is 38.6 Å². The van der Waals surface area contributed by atoms with Gasteiger partial charge in [0.2, 0.25) is 0 Å². The second kappa shape index (κ2) is 5.24. The van der Waals surface area contributed by atoms with Crippen LogP contribution in [-0.4, -0.2) is 12.8 Å². The molecule has 4 aromatic rings. The number of aromatic nitrogens is 1. The maximum atomic E-state index is 2.71. The molecule has 26 heavy (non-hydrogen) atoms. The molecule has 3 heteroatoms. The molecule has 0 radical (unpaired) electrons. The molecule has 2 nitrogen and oxygen atoms in total. The summed E-state index contributed by atoms with van der Waals surface area (Å²) in [4.78, 5) is 0. The van der Waals surface area contributed by atoms with Crippen molar-refractivity contribution < 1.29 is 0 Å². The zero-order valence-corrected chi connectivity index (χ0v) is 16.9. The second-order valence-electron chi connectivity index (χ2n) is 8.02. The predicted octanol–water partition coefficient (Wildman–Crippen LogP) is 5.30. The highest BCUT2D eigenvalue weighted by atomic mass is 28.3. The Kier molecular flexibility index (Phi) is 3.17. The lowest BCUT2D eigenvalue weighted by molar-refractivity contribution is 0.762. The van der Waals surface area contributed by atoms with Gasteiger partial charge in [-0.05, 0) is 49.3 Å². The fraction of sp³-hybridized carbons (Fsp3) is 0.217. The summed E-state index contributed by atoms with van der Waals surface area (Å²) in [7, 11) is -1.82. The van der Waals surface area contributed by atoms with Crippen LogP contribution in [0.2, 0.25) is 13.1 Å². The van der Waals surface area contributed by atoms with E-state index in [-0.39, 0.29) is 0 Å². The van der Waals surface area contributed by atoms with Crippen LogP contribution in [0.5, 0.6) is 0 Å². The molecule has 0 atom stereocenters. The highest BCUT2D eigenvalue weighted by molar-refractivity contribution is 6.94. The third-order valence-electron chi connectivity index (χ3n) is 6.12. The van der Waals surface area contributed by atoms with Crippen molar-refractivity contribution in [3.8, 4) is 0 Å². The van der Waals surface area contributed by atoms with Crippen molar-refractivity contribution >= 4 is 40.9 Å². The molecule has 0 N–H and O–H groups in total. The van der Waals surface area contributed by atoms with Crippen LogP contribution < -0.4 is 9.75 Å². The lowest BCUT2D eigenvalue weighted by atomic mass is 10.1. The van der Waals surface area contributed by atoms with E-state index in [4.69, 9.17) is 0 Å². The first-order valence-electron chi connectivity index (χ1n) is 9.34. The van der Waals surface area contributed by atoms with Crippen LogP contribution in [0.1, 0.15) is 11.1 Å². The number of hydrogen-bond acceptors (Lipinski definition) is 1. The summed E-state index contributed by atoms with van der Waals surface area (Å²) >= 11 is 0. The van der Waals surface area contributed by atoms with E-state index in [2.05, 4.69) is 96.7 Å². The molecule has 1 aliphatic rings. The Hall–Kier alpha value is -2.52. The molecule has 0 fully saturated rings. The van der Waals surface area contributed by atoms with Crippen molar-refractivity contribution in [2.45, 2.75) is 33.6 Å². The molecular formula is C23H24N2Si. The maximum absolute atomic E-state index is 2.71. The minimum Gasteiger partial charge on any atom is -0.376 e. The summed E-state index contributed by atoms with van der Waals surface area (Å²) in [6.07, 6.45) is 0. The smallest absolute Gasteiger partial charge is 0.186 e. The van der Waals surface area contributed by atoms with Crippen LogP contribution in [0.15, 0.2) is 60.7 Å². The first-order valence-corrected chi connectivity index (χ1v) is 12.3. The molecule has 3 aromatic carbocycles. The molecular weight excluding hydrogens is 332 g/mol. The Morgan fingerprint density at radius 1 is 0.769 bits per heavy atom. The van der Waals surface area contributed by atoms with Crippen molar-refractivity contribution in [1.82, 2.24) is 4.57 Å². The summed E-state index contributed by atoms with van der Waals surface area (Å²) < 4.78 is 5.25. The van der Waals surface area contributed by atoms with Gasteiger partial charge in [-0.3, -0.25) is 0 Å². The Morgan fingerprint density at radius 2 is 1.42 bits per heavy atom. The first kappa shape index (κ1) is 15.7. The van der Waals surface area contributed by atoms with Crippen molar-refractivity contribution in [2.24, 2.45) is 0 Å². The lowest BCUT2D eigenvalue weighted by Crippen LogP contribution is -2.62. The number of fused-ring (bicyclic) bond motifs is 3. The highest BCUT2D eigenvalue weighted by Gasteiger charge is 2.39. The van der Waals surface area contributed by atoms with Crippen molar-refractivity contribution in [2.75, 3.05) is 4.57 Å². The Bertz CT molecular complexity index is 1150. The highest BCUT2D eigenvalue weighted by Crippen LogP contribution is 2.37. The van der Waals surface area contributed by atoms with Gasteiger partial charge in [-0.1, -0.05) is 54.6 Å². The zero-order chi connectivity index (χ0) is 18.1. The average molecular weight is 357 g/mol. The standard InChI is InChI=1S/C23H24N2Si/c1-16-9-7-10-17(2)22(16)25-15-24-20-13-6-5-11-18(20)19-12-8-14-21(23(19)24)26(25,3)4/h5-14H,15H2,1-4H3. The monoisotopic (exact) mass is 356 g/mol. The summed E-state index contributed by atoms with van der Waals surface area (Å²) in [5.74, 6) is 0. The van der Waals surface area contributed by atoms with E-state index < -0.39 is 8.24 Å². The van der Waals surface area contributed by atoms with Gasteiger partial charge in [0, 0.05) is 16.5 Å². The predicted molar refractivity (Wildman–Crippen MR) is 115 cm³/mol. The summed E-state index contributed by atoms with van der Waals surface area (Å²) in [6, 6.07) is 22.4. The maximum Gasteiger partial charge on any atom is 0.186 e. The fourth-order valence-electron chi connectivity index (χ4n) is 4.79. The number of benzene rings is 3. The van der Waals surface area contributed by atoms with Crippen molar-refractivity contribution in [3.05, 3.63) is 71.8 Å². The van der Waals surface area contributed by atoms with E-state index in [9.17, 15) is 0 Å². The number of anilines is 1. The molecule has 0 unspecified atom stereocenters. The van der Waals surface area contributed by atoms with E-state index in [0.29, 0.717) is 0 Å². The van der Waals surface area contributed by atoms with Crippen LogP contribution in [-0.2, 0) is 6.67 Å². The fourth-order valence-corrected chi connectivity index (χ4v) is 7.85. The average Bonchev–Trinajstić information content (AvgIpc) is 2.94. The number of hydrogen-bond donors (Lipinski definition) is 0. The van der Waals surface area contributed by atoms with Gasteiger partial charge in [0.05, 0.1) is 17.7 Å². The molecule has 0 saturated carbocycles. The van der Waals surface area contributed by atoms with Gasteiger partial charge in [0.1, 0.15) is 0 Å². The molecule has 130 valence electrons. The minimum absolute atomic E-state index is 0.936. The van der Waals surface area contributed by atoms with Crippen LogP contribution in [0.3, 0.4) is 0 Å². The third-order valence-corrected chi connectivity index (χ3v) is 9.55. The molecule has 2 heterocycles. The summed E-state index contributed by atoms with van der Waals surface area (Å²) in [5, 5.41) is 4.32. The first-order chi connectivity index (χ1) is 12.5. The van der Waals surface area contributed by atoms with Gasteiger partial charge in [0.15, 0.2) is 8.24 Å².